The highest BCUT2D eigenvalue weighted by molar-refractivity contribution is 5.99. The molecule has 21 heavy (non-hydrogen) atoms. The fourth-order valence-electron chi connectivity index (χ4n) is 1.90. The molecule has 1 aromatic carbocycles. The number of hydrogen-bond donors (Lipinski definition) is 0. The van der Waals surface area contributed by atoms with Crippen molar-refractivity contribution in [2.75, 3.05) is 6.61 Å². The zero-order chi connectivity index (χ0) is 16.0. The van der Waals surface area contributed by atoms with Crippen LogP contribution in [0.25, 0.3) is 0 Å². The molecule has 0 aromatic heterocycles. The first-order chi connectivity index (χ1) is 9.73. The lowest BCUT2D eigenvalue weighted by Gasteiger charge is -2.21. The highest BCUT2D eigenvalue weighted by atomic mass is 16.7. The van der Waals surface area contributed by atoms with Crippen LogP contribution >= 0.6 is 0 Å². The van der Waals surface area contributed by atoms with Crippen LogP contribution in [0.1, 0.15) is 51.9 Å². The first-order valence-corrected chi connectivity index (χ1v) is 7.33. The second-order valence-electron chi connectivity index (χ2n) is 5.90. The van der Waals surface area contributed by atoms with Crippen molar-refractivity contribution in [3.63, 3.8) is 0 Å². The third-order valence-corrected chi connectivity index (χ3v) is 2.73. The smallest absolute Gasteiger partial charge is 0.191 e. The summed E-state index contributed by atoms with van der Waals surface area (Å²) >= 11 is 0. The molecule has 0 spiro atoms. The molecule has 0 aliphatic heterocycles. The van der Waals surface area contributed by atoms with E-state index in [0.29, 0.717) is 12.2 Å². The molecule has 0 N–H and O–H groups in total. The van der Waals surface area contributed by atoms with Gasteiger partial charge in [0.25, 0.3) is 0 Å². The molecule has 1 rings (SSSR count). The number of rotatable bonds is 7. The van der Waals surface area contributed by atoms with Crippen molar-refractivity contribution in [1.82, 2.24) is 0 Å². The van der Waals surface area contributed by atoms with E-state index in [1.54, 1.807) is 38.1 Å². The maximum atomic E-state index is 12.3. The summed E-state index contributed by atoms with van der Waals surface area (Å²) < 4.78 is 16.5. The standard InChI is InChI=1S/C17H26O4/c1-7-19-13(3)20-12(2)16(18)14-8-10-15(11-9-14)21-17(4,5)6/h8-13H,7H2,1-6H3/t12-,13?/m1/s1. The van der Waals surface area contributed by atoms with Crippen molar-refractivity contribution in [2.24, 2.45) is 0 Å². The van der Waals surface area contributed by atoms with Gasteiger partial charge in [0.2, 0.25) is 0 Å². The van der Waals surface area contributed by atoms with Gasteiger partial charge in [-0.3, -0.25) is 4.79 Å². The Hall–Kier alpha value is -1.39. The predicted molar refractivity (Wildman–Crippen MR) is 82.8 cm³/mol. The van der Waals surface area contributed by atoms with Gasteiger partial charge in [0.15, 0.2) is 12.1 Å². The lowest BCUT2D eigenvalue weighted by Crippen LogP contribution is -2.27. The van der Waals surface area contributed by atoms with E-state index in [1.807, 2.05) is 27.7 Å². The summed E-state index contributed by atoms with van der Waals surface area (Å²) in [6, 6.07) is 7.12. The third-order valence-electron chi connectivity index (χ3n) is 2.73. The lowest BCUT2D eigenvalue weighted by molar-refractivity contribution is -0.142. The molecular weight excluding hydrogens is 268 g/mol. The molecule has 0 saturated carbocycles. The molecular formula is C17H26O4. The largest absolute Gasteiger partial charge is 0.488 e. The van der Waals surface area contributed by atoms with E-state index >= 15 is 0 Å². The highest BCUT2D eigenvalue weighted by Gasteiger charge is 2.19. The molecule has 0 heterocycles. The number of ether oxygens (including phenoxy) is 3. The minimum atomic E-state index is -0.541. The van der Waals surface area contributed by atoms with E-state index in [4.69, 9.17) is 14.2 Å². The summed E-state index contributed by atoms with van der Waals surface area (Å²) in [7, 11) is 0. The van der Waals surface area contributed by atoms with Crippen LogP contribution in [-0.2, 0) is 9.47 Å². The molecule has 0 saturated heterocycles. The van der Waals surface area contributed by atoms with Crippen molar-refractivity contribution < 1.29 is 19.0 Å². The first kappa shape index (κ1) is 17.7. The molecule has 118 valence electrons. The number of benzene rings is 1. The van der Waals surface area contributed by atoms with Crippen molar-refractivity contribution in [3.05, 3.63) is 29.8 Å². The van der Waals surface area contributed by atoms with Gasteiger partial charge in [-0.25, -0.2) is 0 Å². The molecule has 4 nitrogen and oxygen atoms in total. The maximum Gasteiger partial charge on any atom is 0.191 e. The van der Waals surface area contributed by atoms with Crippen molar-refractivity contribution in [2.45, 2.75) is 59.5 Å². The number of hydrogen-bond acceptors (Lipinski definition) is 4. The van der Waals surface area contributed by atoms with Crippen molar-refractivity contribution in [1.29, 1.82) is 0 Å². The molecule has 0 bridgehead atoms. The van der Waals surface area contributed by atoms with Crippen molar-refractivity contribution in [3.8, 4) is 5.75 Å². The summed E-state index contributed by atoms with van der Waals surface area (Å²) in [5, 5.41) is 0. The second-order valence-corrected chi connectivity index (χ2v) is 5.90. The Bertz CT molecular complexity index is 445. The Balaban J connectivity index is 2.66. The maximum absolute atomic E-state index is 12.3. The summed E-state index contributed by atoms with van der Waals surface area (Å²) in [4.78, 5) is 12.3. The molecule has 0 amide bonds. The van der Waals surface area contributed by atoms with Crippen LogP contribution in [0.3, 0.4) is 0 Å². The third kappa shape index (κ3) is 6.27. The van der Waals surface area contributed by atoms with E-state index in [-0.39, 0.29) is 11.4 Å². The monoisotopic (exact) mass is 294 g/mol. The van der Waals surface area contributed by atoms with E-state index in [0.717, 1.165) is 5.75 Å². The fourth-order valence-corrected chi connectivity index (χ4v) is 1.90. The minimum absolute atomic E-state index is 0.0659. The van der Waals surface area contributed by atoms with Crippen LogP contribution in [0.5, 0.6) is 5.75 Å². The van der Waals surface area contributed by atoms with Crippen LogP contribution in [0.4, 0.5) is 0 Å². The van der Waals surface area contributed by atoms with Gasteiger partial charge in [-0.15, -0.1) is 0 Å². The molecule has 0 radical (unpaired) electrons. The molecule has 4 heteroatoms. The van der Waals surface area contributed by atoms with Crippen LogP contribution in [0.2, 0.25) is 0 Å². The summed E-state index contributed by atoms with van der Waals surface area (Å²) in [6.45, 7) is 11.9. The van der Waals surface area contributed by atoms with Crippen LogP contribution in [0, 0.1) is 0 Å². The van der Waals surface area contributed by atoms with Crippen molar-refractivity contribution >= 4 is 5.78 Å². The Morgan fingerprint density at radius 2 is 1.71 bits per heavy atom. The average molecular weight is 294 g/mol. The summed E-state index contributed by atoms with van der Waals surface area (Å²) in [6.07, 6.45) is -0.932. The highest BCUT2D eigenvalue weighted by Crippen LogP contribution is 2.19. The second kappa shape index (κ2) is 7.57. The Labute approximate surface area is 127 Å². The molecule has 0 fully saturated rings. The van der Waals surface area contributed by atoms with E-state index in [1.165, 1.54) is 0 Å². The number of Topliss-reactive ketones (excluding diaryl/α,β-unsaturated/α-hetero) is 1. The number of carbonyl (C=O) groups excluding carboxylic acids is 1. The minimum Gasteiger partial charge on any atom is -0.488 e. The van der Waals surface area contributed by atoms with Crippen LogP contribution in [0.15, 0.2) is 24.3 Å². The van der Waals surface area contributed by atoms with Gasteiger partial charge >= 0.3 is 0 Å². The van der Waals surface area contributed by atoms with Gasteiger partial charge < -0.3 is 14.2 Å². The van der Waals surface area contributed by atoms with Gasteiger partial charge in [0, 0.05) is 12.2 Å². The predicted octanol–water partition coefficient (Wildman–Crippen LogP) is 3.83. The van der Waals surface area contributed by atoms with Gasteiger partial charge in [0.05, 0.1) is 0 Å². The summed E-state index contributed by atoms with van der Waals surface area (Å²) in [5.41, 5.74) is 0.349. The molecule has 1 unspecified atom stereocenters. The van der Waals surface area contributed by atoms with Gasteiger partial charge in [-0.05, 0) is 65.8 Å². The lowest BCUT2D eigenvalue weighted by atomic mass is 10.1. The normalized spacial score (nSPS) is 14.6. The van der Waals surface area contributed by atoms with E-state index in [9.17, 15) is 4.79 Å². The van der Waals surface area contributed by atoms with Gasteiger partial charge in [-0.2, -0.15) is 0 Å². The average Bonchev–Trinajstić information content (AvgIpc) is 2.37. The quantitative estimate of drug-likeness (QED) is 0.566. The van der Waals surface area contributed by atoms with Gasteiger partial charge in [-0.1, -0.05) is 0 Å². The Kier molecular flexibility index (Phi) is 6.37. The number of ketones is 1. The van der Waals surface area contributed by atoms with E-state index in [2.05, 4.69) is 0 Å². The molecule has 0 aliphatic rings. The molecule has 0 aliphatic carbocycles. The molecule has 2 atom stereocenters. The fraction of sp³-hybridized carbons (Fsp3) is 0.588. The Morgan fingerprint density at radius 3 is 2.19 bits per heavy atom. The number of carbonyl (C=O) groups is 1. The van der Waals surface area contributed by atoms with Crippen LogP contribution in [-0.4, -0.2) is 30.4 Å². The Morgan fingerprint density at radius 1 is 1.14 bits per heavy atom. The van der Waals surface area contributed by atoms with E-state index < -0.39 is 12.4 Å². The summed E-state index contributed by atoms with van der Waals surface area (Å²) in [5.74, 6) is 0.680. The van der Waals surface area contributed by atoms with Crippen LogP contribution < -0.4 is 4.74 Å². The molecule has 1 aromatic rings. The topological polar surface area (TPSA) is 44.8 Å². The van der Waals surface area contributed by atoms with Gasteiger partial charge in [0.1, 0.15) is 17.5 Å². The SMILES string of the molecule is CCOC(C)O[C@H](C)C(=O)c1ccc(OC(C)(C)C)cc1. The first-order valence-electron chi connectivity index (χ1n) is 7.33. The zero-order valence-corrected chi connectivity index (χ0v) is 13.8. The zero-order valence-electron chi connectivity index (χ0n) is 13.8.